The summed E-state index contributed by atoms with van der Waals surface area (Å²) in [5, 5.41) is 3.35. The van der Waals surface area contributed by atoms with Crippen molar-refractivity contribution in [2.75, 3.05) is 11.9 Å². The highest BCUT2D eigenvalue weighted by atomic mass is 14.9. The van der Waals surface area contributed by atoms with Crippen LogP contribution in [-0.2, 0) is 6.42 Å². The standard InChI is InChI=1S/C12H13N3/c1-8-7-14-12(15-8)10-2-3-11-9(6-10)4-5-13-11/h2-3,6-7,13H,4-5H2,1H3,(H,14,15). The van der Waals surface area contributed by atoms with Crippen LogP contribution < -0.4 is 5.32 Å². The zero-order valence-corrected chi connectivity index (χ0v) is 8.67. The van der Waals surface area contributed by atoms with E-state index in [4.69, 9.17) is 0 Å². The Morgan fingerprint density at radius 1 is 1.33 bits per heavy atom. The minimum atomic E-state index is 0.960. The van der Waals surface area contributed by atoms with Crippen LogP contribution in [0.1, 0.15) is 11.3 Å². The minimum absolute atomic E-state index is 0.960. The lowest BCUT2D eigenvalue weighted by atomic mass is 10.1. The maximum absolute atomic E-state index is 4.34. The number of benzene rings is 1. The van der Waals surface area contributed by atoms with Gasteiger partial charge in [-0.05, 0) is 37.1 Å². The zero-order chi connectivity index (χ0) is 10.3. The van der Waals surface area contributed by atoms with Crippen LogP contribution in [0.25, 0.3) is 11.4 Å². The Balaban J connectivity index is 2.06. The number of imidazole rings is 1. The van der Waals surface area contributed by atoms with Gasteiger partial charge in [-0.2, -0.15) is 0 Å². The quantitative estimate of drug-likeness (QED) is 0.740. The van der Waals surface area contributed by atoms with Gasteiger partial charge < -0.3 is 10.3 Å². The summed E-state index contributed by atoms with van der Waals surface area (Å²) in [6, 6.07) is 6.46. The van der Waals surface area contributed by atoms with Crippen LogP contribution in [0, 0.1) is 6.92 Å². The van der Waals surface area contributed by atoms with Crippen molar-refractivity contribution < 1.29 is 0 Å². The molecule has 1 aliphatic heterocycles. The first-order valence-corrected chi connectivity index (χ1v) is 5.22. The van der Waals surface area contributed by atoms with E-state index in [1.165, 1.54) is 16.8 Å². The van der Waals surface area contributed by atoms with Crippen LogP contribution in [0.15, 0.2) is 24.4 Å². The van der Waals surface area contributed by atoms with Gasteiger partial charge >= 0.3 is 0 Å². The van der Waals surface area contributed by atoms with Crippen molar-refractivity contribution in [1.82, 2.24) is 9.97 Å². The number of anilines is 1. The summed E-state index contributed by atoms with van der Waals surface area (Å²) >= 11 is 0. The molecule has 0 fully saturated rings. The highest BCUT2D eigenvalue weighted by Gasteiger charge is 2.11. The first-order valence-electron chi connectivity index (χ1n) is 5.22. The molecule has 2 heterocycles. The topological polar surface area (TPSA) is 40.7 Å². The smallest absolute Gasteiger partial charge is 0.137 e. The van der Waals surface area contributed by atoms with Gasteiger partial charge in [-0.1, -0.05) is 0 Å². The van der Waals surface area contributed by atoms with Crippen LogP contribution >= 0.6 is 0 Å². The lowest BCUT2D eigenvalue weighted by Gasteiger charge is -2.01. The molecule has 0 atom stereocenters. The molecule has 0 amide bonds. The van der Waals surface area contributed by atoms with Crippen molar-refractivity contribution >= 4 is 5.69 Å². The predicted molar refractivity (Wildman–Crippen MR) is 61.0 cm³/mol. The molecule has 76 valence electrons. The second-order valence-electron chi connectivity index (χ2n) is 3.96. The lowest BCUT2D eigenvalue weighted by molar-refractivity contribution is 1.10. The molecule has 0 saturated carbocycles. The molecule has 0 saturated heterocycles. The van der Waals surface area contributed by atoms with E-state index in [1.807, 2.05) is 13.1 Å². The largest absolute Gasteiger partial charge is 0.384 e. The number of nitrogens with zero attached hydrogens (tertiary/aromatic N) is 1. The maximum atomic E-state index is 4.34. The Labute approximate surface area is 88.6 Å². The molecule has 0 spiro atoms. The fraction of sp³-hybridized carbons (Fsp3) is 0.250. The third-order valence-electron chi connectivity index (χ3n) is 2.79. The molecule has 3 nitrogen and oxygen atoms in total. The number of nitrogens with one attached hydrogen (secondary N) is 2. The Kier molecular flexibility index (Phi) is 1.78. The number of fused-ring (bicyclic) bond motifs is 1. The molecule has 0 bridgehead atoms. The van der Waals surface area contributed by atoms with Crippen LogP contribution in [0.4, 0.5) is 5.69 Å². The molecule has 3 heteroatoms. The number of aryl methyl sites for hydroxylation is 1. The van der Waals surface area contributed by atoms with Crippen LogP contribution in [-0.4, -0.2) is 16.5 Å². The Hall–Kier alpha value is -1.77. The van der Waals surface area contributed by atoms with E-state index >= 15 is 0 Å². The van der Waals surface area contributed by atoms with Gasteiger partial charge in [0.15, 0.2) is 0 Å². The summed E-state index contributed by atoms with van der Waals surface area (Å²) in [6.07, 6.45) is 2.98. The number of rotatable bonds is 1. The van der Waals surface area contributed by atoms with E-state index in [0.717, 1.165) is 24.5 Å². The maximum Gasteiger partial charge on any atom is 0.137 e. The van der Waals surface area contributed by atoms with Gasteiger partial charge in [0.25, 0.3) is 0 Å². The minimum Gasteiger partial charge on any atom is -0.384 e. The summed E-state index contributed by atoms with van der Waals surface area (Å²) in [5.41, 5.74) is 4.93. The highest BCUT2D eigenvalue weighted by molar-refractivity contribution is 5.65. The van der Waals surface area contributed by atoms with Crippen LogP contribution in [0.5, 0.6) is 0 Å². The van der Waals surface area contributed by atoms with Gasteiger partial charge in [-0.15, -0.1) is 0 Å². The summed E-state index contributed by atoms with van der Waals surface area (Å²) in [7, 11) is 0. The van der Waals surface area contributed by atoms with Crippen molar-refractivity contribution in [2.24, 2.45) is 0 Å². The normalized spacial score (nSPS) is 13.7. The summed E-state index contributed by atoms with van der Waals surface area (Å²) < 4.78 is 0. The number of hydrogen-bond donors (Lipinski definition) is 2. The third-order valence-corrected chi connectivity index (χ3v) is 2.79. The first kappa shape index (κ1) is 8.53. The summed E-state index contributed by atoms with van der Waals surface area (Å²) in [6.45, 7) is 3.07. The van der Waals surface area contributed by atoms with E-state index in [9.17, 15) is 0 Å². The van der Waals surface area contributed by atoms with Crippen LogP contribution in [0.2, 0.25) is 0 Å². The molecular weight excluding hydrogens is 186 g/mol. The van der Waals surface area contributed by atoms with Crippen molar-refractivity contribution in [1.29, 1.82) is 0 Å². The zero-order valence-electron chi connectivity index (χ0n) is 8.67. The SMILES string of the molecule is Cc1cnc(-c2ccc3c(c2)CCN3)[nH]1. The second-order valence-corrected chi connectivity index (χ2v) is 3.96. The van der Waals surface area contributed by atoms with Crippen molar-refractivity contribution in [3.63, 3.8) is 0 Å². The Morgan fingerprint density at radius 2 is 2.27 bits per heavy atom. The second kappa shape index (κ2) is 3.12. The lowest BCUT2D eigenvalue weighted by Crippen LogP contribution is -1.90. The molecule has 1 aromatic heterocycles. The molecule has 1 aliphatic rings. The summed E-state index contributed by atoms with van der Waals surface area (Å²) in [4.78, 5) is 7.59. The van der Waals surface area contributed by atoms with Gasteiger partial charge in [-0.25, -0.2) is 4.98 Å². The molecular formula is C12H13N3. The third kappa shape index (κ3) is 1.40. The van der Waals surface area contributed by atoms with Crippen LogP contribution in [0.3, 0.4) is 0 Å². The fourth-order valence-electron chi connectivity index (χ4n) is 2.01. The number of aromatic amines is 1. The summed E-state index contributed by atoms with van der Waals surface area (Å²) in [5.74, 6) is 0.960. The van der Waals surface area contributed by atoms with Gasteiger partial charge in [0.05, 0.1) is 0 Å². The van der Waals surface area contributed by atoms with E-state index in [1.54, 1.807) is 0 Å². The molecule has 1 aromatic carbocycles. The van der Waals surface area contributed by atoms with Crippen molar-refractivity contribution in [2.45, 2.75) is 13.3 Å². The van der Waals surface area contributed by atoms with Crippen molar-refractivity contribution in [3.05, 3.63) is 35.7 Å². The molecule has 2 N–H and O–H groups in total. The predicted octanol–water partition coefficient (Wildman–Crippen LogP) is 2.35. The monoisotopic (exact) mass is 199 g/mol. The van der Waals surface area contributed by atoms with Gasteiger partial charge in [0, 0.05) is 29.7 Å². The molecule has 3 rings (SSSR count). The van der Waals surface area contributed by atoms with E-state index in [0.29, 0.717) is 0 Å². The number of H-pyrrole nitrogens is 1. The van der Waals surface area contributed by atoms with Crippen molar-refractivity contribution in [3.8, 4) is 11.4 Å². The van der Waals surface area contributed by atoms with Gasteiger partial charge in [-0.3, -0.25) is 0 Å². The van der Waals surface area contributed by atoms with E-state index < -0.39 is 0 Å². The first-order chi connectivity index (χ1) is 7.33. The molecule has 0 aliphatic carbocycles. The number of hydrogen-bond acceptors (Lipinski definition) is 2. The van der Waals surface area contributed by atoms with E-state index in [-0.39, 0.29) is 0 Å². The van der Waals surface area contributed by atoms with E-state index in [2.05, 4.69) is 33.5 Å². The molecule has 2 aromatic rings. The Morgan fingerprint density at radius 3 is 3.07 bits per heavy atom. The average molecular weight is 199 g/mol. The molecule has 0 radical (unpaired) electrons. The molecule has 15 heavy (non-hydrogen) atoms. The van der Waals surface area contributed by atoms with Gasteiger partial charge in [0.2, 0.25) is 0 Å². The fourth-order valence-corrected chi connectivity index (χ4v) is 2.01. The highest BCUT2D eigenvalue weighted by Crippen LogP contribution is 2.26. The van der Waals surface area contributed by atoms with Gasteiger partial charge in [0.1, 0.15) is 5.82 Å². The average Bonchev–Trinajstić information content (AvgIpc) is 2.84. The molecule has 0 unspecified atom stereocenters. The Bertz CT molecular complexity index is 499. The number of aromatic nitrogens is 2.